The quantitative estimate of drug-likeness (QED) is 0.891. The summed E-state index contributed by atoms with van der Waals surface area (Å²) in [6.07, 6.45) is -0.145. The highest BCUT2D eigenvalue weighted by atomic mass is 16.4. The number of amides is 1. The molecule has 1 atom stereocenters. The minimum Gasteiger partial charge on any atom is -0.481 e. The van der Waals surface area contributed by atoms with E-state index in [2.05, 4.69) is 0 Å². The van der Waals surface area contributed by atoms with E-state index in [9.17, 15) is 9.59 Å². The summed E-state index contributed by atoms with van der Waals surface area (Å²) in [5.41, 5.74) is 2.96. The molecule has 4 heteroatoms. The van der Waals surface area contributed by atoms with E-state index >= 15 is 0 Å². The number of aryl methyl sites for hydroxylation is 2. The molecule has 0 fully saturated rings. The maximum atomic E-state index is 12.1. The minimum atomic E-state index is -0.954. The van der Waals surface area contributed by atoms with Gasteiger partial charge in [-0.1, -0.05) is 24.6 Å². The van der Waals surface area contributed by atoms with Crippen molar-refractivity contribution in [1.29, 1.82) is 0 Å². The highest BCUT2D eigenvalue weighted by Gasteiger charge is 2.21. The Morgan fingerprint density at radius 3 is 2.44 bits per heavy atom. The summed E-state index contributed by atoms with van der Waals surface area (Å²) < 4.78 is 0. The first-order valence-corrected chi connectivity index (χ1v) is 5.89. The number of carboxylic acids is 1. The molecule has 0 saturated heterocycles. The predicted molar refractivity (Wildman–Crippen MR) is 70.7 cm³/mol. The van der Waals surface area contributed by atoms with Gasteiger partial charge in [0, 0.05) is 18.7 Å². The molecule has 0 saturated carbocycles. The van der Waals surface area contributed by atoms with Crippen LogP contribution in [0.2, 0.25) is 0 Å². The first kappa shape index (κ1) is 14.2. The second-order valence-electron chi connectivity index (χ2n) is 4.69. The molecular weight excluding hydrogens is 230 g/mol. The summed E-state index contributed by atoms with van der Waals surface area (Å²) in [6, 6.07) is 5.82. The van der Waals surface area contributed by atoms with Crippen LogP contribution in [0.25, 0.3) is 0 Å². The van der Waals surface area contributed by atoms with Crippen molar-refractivity contribution >= 4 is 17.6 Å². The van der Waals surface area contributed by atoms with Crippen molar-refractivity contribution in [3.05, 3.63) is 29.3 Å². The van der Waals surface area contributed by atoms with Gasteiger partial charge in [-0.15, -0.1) is 0 Å². The number of benzene rings is 1. The van der Waals surface area contributed by atoms with Gasteiger partial charge >= 0.3 is 5.97 Å². The van der Waals surface area contributed by atoms with Gasteiger partial charge in [0.1, 0.15) is 0 Å². The third kappa shape index (κ3) is 3.32. The van der Waals surface area contributed by atoms with Gasteiger partial charge < -0.3 is 10.0 Å². The van der Waals surface area contributed by atoms with Crippen LogP contribution in [0.3, 0.4) is 0 Å². The van der Waals surface area contributed by atoms with Gasteiger partial charge in [0.05, 0.1) is 6.42 Å². The summed E-state index contributed by atoms with van der Waals surface area (Å²) in [7, 11) is 1.68. The van der Waals surface area contributed by atoms with E-state index in [-0.39, 0.29) is 12.3 Å². The standard InChI is InChI=1S/C14H19NO3/c1-9-5-6-12(10(2)7-9)15(4)14(18)11(3)8-13(16)17/h5-7,11H,8H2,1-4H3,(H,16,17). The third-order valence-corrected chi connectivity index (χ3v) is 2.95. The molecule has 1 amide bonds. The number of nitrogens with zero attached hydrogens (tertiary/aromatic N) is 1. The lowest BCUT2D eigenvalue weighted by atomic mass is 10.0. The number of rotatable bonds is 4. The summed E-state index contributed by atoms with van der Waals surface area (Å²) in [5, 5.41) is 8.71. The Kier molecular flexibility index (Phi) is 4.48. The Morgan fingerprint density at radius 2 is 1.94 bits per heavy atom. The van der Waals surface area contributed by atoms with Gasteiger partial charge in [0.2, 0.25) is 5.91 Å². The number of carboxylic acid groups (broad SMARTS) is 1. The molecule has 0 aliphatic carbocycles. The average molecular weight is 249 g/mol. The van der Waals surface area contributed by atoms with Crippen molar-refractivity contribution in [2.24, 2.45) is 5.92 Å². The van der Waals surface area contributed by atoms with E-state index in [0.29, 0.717) is 0 Å². The molecule has 0 spiro atoms. The van der Waals surface area contributed by atoms with Crippen LogP contribution in [0.5, 0.6) is 0 Å². The van der Waals surface area contributed by atoms with Crippen molar-refractivity contribution in [1.82, 2.24) is 0 Å². The Bertz CT molecular complexity index is 468. The normalized spacial score (nSPS) is 12.0. The lowest BCUT2D eigenvalue weighted by Crippen LogP contribution is -2.33. The number of hydrogen-bond donors (Lipinski definition) is 1. The molecule has 0 radical (unpaired) electrons. The fourth-order valence-electron chi connectivity index (χ4n) is 1.98. The van der Waals surface area contributed by atoms with E-state index in [0.717, 1.165) is 16.8 Å². The van der Waals surface area contributed by atoms with Crippen LogP contribution in [0.4, 0.5) is 5.69 Å². The van der Waals surface area contributed by atoms with Crippen LogP contribution >= 0.6 is 0 Å². The van der Waals surface area contributed by atoms with Gasteiger partial charge in [-0.3, -0.25) is 9.59 Å². The molecule has 1 unspecified atom stereocenters. The Labute approximate surface area is 107 Å². The molecule has 0 heterocycles. The second kappa shape index (κ2) is 5.67. The fraction of sp³-hybridized carbons (Fsp3) is 0.429. The van der Waals surface area contributed by atoms with Crippen LogP contribution in [0.1, 0.15) is 24.5 Å². The SMILES string of the molecule is Cc1ccc(N(C)C(=O)C(C)CC(=O)O)c(C)c1. The number of carbonyl (C=O) groups is 2. The van der Waals surface area contributed by atoms with E-state index < -0.39 is 11.9 Å². The smallest absolute Gasteiger partial charge is 0.304 e. The van der Waals surface area contributed by atoms with Crippen molar-refractivity contribution in [3.8, 4) is 0 Å². The summed E-state index contributed by atoms with van der Waals surface area (Å²) in [6.45, 7) is 5.57. The van der Waals surface area contributed by atoms with Gasteiger partial charge in [-0.2, -0.15) is 0 Å². The molecule has 0 bridgehead atoms. The molecule has 0 aromatic heterocycles. The second-order valence-corrected chi connectivity index (χ2v) is 4.69. The molecule has 0 aliphatic rings. The lowest BCUT2D eigenvalue weighted by Gasteiger charge is -2.22. The van der Waals surface area contributed by atoms with E-state index in [4.69, 9.17) is 5.11 Å². The molecule has 1 N–H and O–H groups in total. The topological polar surface area (TPSA) is 57.6 Å². The largest absolute Gasteiger partial charge is 0.481 e. The van der Waals surface area contributed by atoms with Gasteiger partial charge in [0.15, 0.2) is 0 Å². The van der Waals surface area contributed by atoms with Crippen LogP contribution < -0.4 is 4.90 Å². The van der Waals surface area contributed by atoms with Crippen molar-refractivity contribution in [2.45, 2.75) is 27.2 Å². The zero-order valence-electron chi connectivity index (χ0n) is 11.2. The van der Waals surface area contributed by atoms with Crippen LogP contribution in [-0.2, 0) is 9.59 Å². The fourth-order valence-corrected chi connectivity index (χ4v) is 1.98. The lowest BCUT2D eigenvalue weighted by molar-refractivity contribution is -0.140. The Balaban J connectivity index is 2.89. The minimum absolute atomic E-state index is 0.145. The highest BCUT2D eigenvalue weighted by Crippen LogP contribution is 2.22. The van der Waals surface area contributed by atoms with Crippen molar-refractivity contribution in [3.63, 3.8) is 0 Å². The monoisotopic (exact) mass is 249 g/mol. The molecule has 0 aliphatic heterocycles. The molecule has 1 aromatic rings. The Morgan fingerprint density at radius 1 is 1.33 bits per heavy atom. The zero-order valence-corrected chi connectivity index (χ0v) is 11.2. The number of anilines is 1. The maximum absolute atomic E-state index is 12.1. The highest BCUT2D eigenvalue weighted by molar-refractivity contribution is 5.96. The first-order valence-electron chi connectivity index (χ1n) is 5.89. The molecular formula is C14H19NO3. The van der Waals surface area contributed by atoms with Crippen molar-refractivity contribution in [2.75, 3.05) is 11.9 Å². The van der Waals surface area contributed by atoms with Gasteiger partial charge in [0.25, 0.3) is 0 Å². The van der Waals surface area contributed by atoms with Gasteiger partial charge in [-0.25, -0.2) is 0 Å². The molecule has 1 aromatic carbocycles. The first-order chi connectivity index (χ1) is 8.32. The summed E-state index contributed by atoms with van der Waals surface area (Å²) >= 11 is 0. The number of hydrogen-bond acceptors (Lipinski definition) is 2. The third-order valence-electron chi connectivity index (χ3n) is 2.95. The van der Waals surface area contributed by atoms with E-state index in [1.54, 1.807) is 14.0 Å². The summed E-state index contributed by atoms with van der Waals surface area (Å²) in [4.78, 5) is 24.2. The van der Waals surface area contributed by atoms with E-state index in [1.165, 1.54) is 4.90 Å². The molecule has 4 nitrogen and oxygen atoms in total. The van der Waals surface area contributed by atoms with Crippen LogP contribution in [0.15, 0.2) is 18.2 Å². The summed E-state index contributed by atoms with van der Waals surface area (Å²) in [5.74, 6) is -1.65. The average Bonchev–Trinajstić information content (AvgIpc) is 2.26. The van der Waals surface area contributed by atoms with Crippen LogP contribution in [0, 0.1) is 19.8 Å². The molecule has 1 rings (SSSR count). The van der Waals surface area contributed by atoms with Crippen molar-refractivity contribution < 1.29 is 14.7 Å². The predicted octanol–water partition coefficient (Wildman–Crippen LogP) is 2.38. The molecule has 98 valence electrons. The number of carbonyl (C=O) groups excluding carboxylic acids is 1. The Hall–Kier alpha value is -1.84. The zero-order chi connectivity index (χ0) is 13.9. The maximum Gasteiger partial charge on any atom is 0.304 e. The van der Waals surface area contributed by atoms with Gasteiger partial charge in [-0.05, 0) is 25.5 Å². The number of aliphatic carboxylic acids is 1. The van der Waals surface area contributed by atoms with Crippen LogP contribution in [-0.4, -0.2) is 24.0 Å². The molecule has 18 heavy (non-hydrogen) atoms. The van der Waals surface area contributed by atoms with E-state index in [1.807, 2.05) is 32.0 Å².